The number of rotatable bonds is 6. The maximum absolute atomic E-state index is 12.9. The van der Waals surface area contributed by atoms with Crippen LogP contribution in [-0.4, -0.2) is 45.7 Å². The van der Waals surface area contributed by atoms with Gasteiger partial charge in [-0.15, -0.1) is 0 Å². The van der Waals surface area contributed by atoms with Crippen LogP contribution >= 0.6 is 0 Å². The Morgan fingerprint density at radius 3 is 2.62 bits per heavy atom. The monoisotopic (exact) mass is 334 g/mol. The fraction of sp³-hybridized carbons (Fsp3) is 0.611. The molecule has 2 rings (SSSR count). The first-order valence-corrected chi connectivity index (χ1v) is 8.58. The number of aliphatic carboxylic acids is 1. The van der Waals surface area contributed by atoms with Crippen LogP contribution in [-0.2, 0) is 11.2 Å². The van der Waals surface area contributed by atoms with Crippen molar-refractivity contribution < 1.29 is 19.5 Å². The summed E-state index contributed by atoms with van der Waals surface area (Å²) in [4.78, 5) is 40.4. The van der Waals surface area contributed by atoms with Gasteiger partial charge < -0.3 is 15.0 Å². The topological polar surface area (TPSA) is 90.5 Å². The number of carboxylic acid groups (broad SMARTS) is 1. The van der Waals surface area contributed by atoms with Crippen LogP contribution in [0.1, 0.15) is 71.6 Å². The number of hydrogen-bond donors (Lipinski definition) is 2. The molecule has 24 heavy (non-hydrogen) atoms. The van der Waals surface area contributed by atoms with Gasteiger partial charge in [0.1, 0.15) is 5.69 Å². The SMILES string of the molecule is CCc1c(C(=O)N2CCCC(CCC(=O)O)C2)[nH]c(C)c1C(C)=O. The highest BCUT2D eigenvalue weighted by Crippen LogP contribution is 2.26. The Labute approximate surface area is 142 Å². The van der Waals surface area contributed by atoms with E-state index in [0.717, 1.165) is 24.1 Å². The molecule has 1 aromatic rings. The summed E-state index contributed by atoms with van der Waals surface area (Å²) in [7, 11) is 0. The number of nitrogens with zero attached hydrogens (tertiary/aromatic N) is 1. The normalized spacial score (nSPS) is 17.8. The highest BCUT2D eigenvalue weighted by atomic mass is 16.4. The molecule has 0 radical (unpaired) electrons. The standard InChI is InChI=1S/C18H26N2O4/c1-4-14-16(12(3)21)11(2)19-17(14)18(24)20-9-5-6-13(10-20)7-8-15(22)23/h13,19H,4-10H2,1-3H3,(H,22,23). The zero-order valence-corrected chi connectivity index (χ0v) is 14.6. The molecular weight excluding hydrogens is 308 g/mol. The number of likely N-dealkylation sites (tertiary alicyclic amines) is 1. The van der Waals surface area contributed by atoms with E-state index in [1.54, 1.807) is 4.90 Å². The molecule has 0 saturated carbocycles. The predicted molar refractivity (Wildman–Crippen MR) is 90.4 cm³/mol. The summed E-state index contributed by atoms with van der Waals surface area (Å²) in [5.74, 6) is -0.676. The number of piperidine rings is 1. The highest BCUT2D eigenvalue weighted by Gasteiger charge is 2.29. The summed E-state index contributed by atoms with van der Waals surface area (Å²) >= 11 is 0. The lowest BCUT2D eigenvalue weighted by atomic mass is 9.93. The van der Waals surface area contributed by atoms with Gasteiger partial charge >= 0.3 is 5.97 Å². The molecular formula is C18H26N2O4. The Morgan fingerprint density at radius 1 is 1.33 bits per heavy atom. The molecule has 0 aliphatic carbocycles. The molecule has 6 heteroatoms. The van der Waals surface area contributed by atoms with E-state index in [2.05, 4.69) is 4.98 Å². The van der Waals surface area contributed by atoms with E-state index in [1.165, 1.54) is 6.92 Å². The largest absolute Gasteiger partial charge is 0.481 e. The van der Waals surface area contributed by atoms with Gasteiger partial charge in [0.05, 0.1) is 0 Å². The summed E-state index contributed by atoms with van der Waals surface area (Å²) in [6, 6.07) is 0. The molecule has 1 atom stereocenters. The van der Waals surface area contributed by atoms with Gasteiger partial charge in [-0.2, -0.15) is 0 Å². The van der Waals surface area contributed by atoms with E-state index in [1.807, 2.05) is 13.8 Å². The van der Waals surface area contributed by atoms with Gasteiger partial charge in [-0.3, -0.25) is 14.4 Å². The third-order valence-corrected chi connectivity index (χ3v) is 4.78. The number of H-pyrrole nitrogens is 1. The number of Topliss-reactive ketones (excluding diaryl/α,β-unsaturated/α-hetero) is 1. The first-order valence-electron chi connectivity index (χ1n) is 8.58. The minimum absolute atomic E-state index is 0.0300. The van der Waals surface area contributed by atoms with Crippen molar-refractivity contribution in [1.29, 1.82) is 0 Å². The minimum Gasteiger partial charge on any atom is -0.481 e. The minimum atomic E-state index is -0.794. The van der Waals surface area contributed by atoms with E-state index in [4.69, 9.17) is 5.11 Å². The summed E-state index contributed by atoms with van der Waals surface area (Å²) in [5.41, 5.74) is 2.67. The van der Waals surface area contributed by atoms with Gasteiger partial charge in [0, 0.05) is 30.8 Å². The van der Waals surface area contributed by atoms with E-state index >= 15 is 0 Å². The van der Waals surface area contributed by atoms with E-state index < -0.39 is 5.97 Å². The van der Waals surface area contributed by atoms with E-state index in [9.17, 15) is 14.4 Å². The Kier molecular flexibility index (Phi) is 5.80. The van der Waals surface area contributed by atoms with Crippen molar-refractivity contribution >= 4 is 17.7 Å². The van der Waals surface area contributed by atoms with Gasteiger partial charge in [-0.25, -0.2) is 0 Å². The number of aromatic nitrogens is 1. The Bertz CT molecular complexity index is 648. The van der Waals surface area contributed by atoms with Crippen molar-refractivity contribution in [3.63, 3.8) is 0 Å². The van der Waals surface area contributed by atoms with Crippen molar-refractivity contribution in [2.24, 2.45) is 5.92 Å². The summed E-state index contributed by atoms with van der Waals surface area (Å²) in [6.07, 6.45) is 3.21. The second-order valence-corrected chi connectivity index (χ2v) is 6.58. The van der Waals surface area contributed by atoms with Crippen molar-refractivity contribution in [1.82, 2.24) is 9.88 Å². The van der Waals surface area contributed by atoms with Gasteiger partial charge in [-0.05, 0) is 51.0 Å². The van der Waals surface area contributed by atoms with Crippen LogP contribution < -0.4 is 0 Å². The number of amides is 1. The third-order valence-electron chi connectivity index (χ3n) is 4.78. The molecule has 6 nitrogen and oxygen atoms in total. The molecule has 2 N–H and O–H groups in total. The first-order chi connectivity index (χ1) is 11.3. The van der Waals surface area contributed by atoms with Crippen molar-refractivity contribution in [2.75, 3.05) is 13.1 Å². The first kappa shape index (κ1) is 18.2. The number of carboxylic acids is 1. The van der Waals surface area contributed by atoms with E-state index in [0.29, 0.717) is 37.2 Å². The smallest absolute Gasteiger partial charge is 0.303 e. The number of aryl methyl sites for hydroxylation is 1. The summed E-state index contributed by atoms with van der Waals surface area (Å²) in [6.45, 7) is 6.55. The molecule has 132 valence electrons. The Balaban J connectivity index is 2.18. The lowest BCUT2D eigenvalue weighted by Gasteiger charge is -2.32. The van der Waals surface area contributed by atoms with Crippen molar-refractivity contribution in [2.45, 2.75) is 52.9 Å². The van der Waals surface area contributed by atoms with Gasteiger partial charge in [0.15, 0.2) is 5.78 Å². The number of nitrogens with one attached hydrogen (secondary N) is 1. The highest BCUT2D eigenvalue weighted by molar-refractivity contribution is 6.02. The molecule has 1 aliphatic heterocycles. The van der Waals surface area contributed by atoms with Crippen LogP contribution in [0.5, 0.6) is 0 Å². The number of carbonyl (C=O) groups is 3. The molecule has 0 spiro atoms. The number of ketones is 1. The molecule has 1 unspecified atom stereocenters. The second-order valence-electron chi connectivity index (χ2n) is 6.58. The molecule has 1 saturated heterocycles. The average Bonchev–Trinajstić information content (AvgIpc) is 2.89. The number of hydrogen-bond acceptors (Lipinski definition) is 3. The quantitative estimate of drug-likeness (QED) is 0.783. The molecule has 1 aromatic heterocycles. The van der Waals surface area contributed by atoms with Gasteiger partial charge in [0.2, 0.25) is 0 Å². The van der Waals surface area contributed by atoms with Crippen LogP contribution in [0.15, 0.2) is 0 Å². The van der Waals surface area contributed by atoms with Crippen LogP contribution in [0.4, 0.5) is 0 Å². The van der Waals surface area contributed by atoms with Crippen LogP contribution in [0, 0.1) is 12.8 Å². The second kappa shape index (κ2) is 7.64. The van der Waals surface area contributed by atoms with E-state index in [-0.39, 0.29) is 24.0 Å². The molecule has 0 aromatic carbocycles. The maximum Gasteiger partial charge on any atom is 0.303 e. The predicted octanol–water partition coefficient (Wildman–Crippen LogP) is 2.81. The summed E-state index contributed by atoms with van der Waals surface area (Å²) < 4.78 is 0. The average molecular weight is 334 g/mol. The Morgan fingerprint density at radius 2 is 2.04 bits per heavy atom. The lowest BCUT2D eigenvalue weighted by molar-refractivity contribution is -0.137. The zero-order chi connectivity index (χ0) is 17.9. The third kappa shape index (κ3) is 3.86. The van der Waals surface area contributed by atoms with Crippen molar-refractivity contribution in [3.8, 4) is 0 Å². The van der Waals surface area contributed by atoms with Gasteiger partial charge in [-0.1, -0.05) is 6.92 Å². The van der Waals surface area contributed by atoms with Crippen molar-refractivity contribution in [3.05, 3.63) is 22.5 Å². The Hall–Kier alpha value is -2.11. The zero-order valence-electron chi connectivity index (χ0n) is 14.6. The number of carbonyl (C=O) groups excluding carboxylic acids is 2. The number of aromatic amines is 1. The fourth-order valence-electron chi connectivity index (χ4n) is 3.66. The molecule has 1 fully saturated rings. The lowest BCUT2D eigenvalue weighted by Crippen LogP contribution is -2.40. The van der Waals surface area contributed by atoms with Gasteiger partial charge in [0.25, 0.3) is 5.91 Å². The van der Waals surface area contributed by atoms with Crippen LogP contribution in [0.25, 0.3) is 0 Å². The fourth-order valence-corrected chi connectivity index (χ4v) is 3.66. The molecule has 0 bridgehead atoms. The molecule has 1 amide bonds. The molecule has 2 heterocycles. The van der Waals surface area contributed by atoms with Crippen LogP contribution in [0.3, 0.4) is 0 Å². The van der Waals surface area contributed by atoms with Crippen LogP contribution in [0.2, 0.25) is 0 Å². The molecule has 1 aliphatic rings. The summed E-state index contributed by atoms with van der Waals surface area (Å²) in [5, 5.41) is 8.83. The maximum atomic E-state index is 12.9.